The highest BCUT2D eigenvalue weighted by Gasteiger charge is 2.50. The summed E-state index contributed by atoms with van der Waals surface area (Å²) in [5.74, 6) is -0.205. The van der Waals surface area contributed by atoms with E-state index in [1.165, 1.54) is 9.60 Å². The number of rotatable bonds is 4. The third-order valence-corrected chi connectivity index (χ3v) is 7.05. The molecule has 0 unspecified atom stereocenters. The second kappa shape index (κ2) is 6.93. The topological polar surface area (TPSA) is 65.5 Å². The number of nitrogens with zero attached hydrogens (tertiary/aromatic N) is 3. The monoisotopic (exact) mass is 406 g/mol. The molecule has 5 rings (SSSR count). The third kappa shape index (κ3) is 3.01. The number of carbonyl (C=O) groups is 2. The summed E-state index contributed by atoms with van der Waals surface area (Å²) in [5.41, 5.74) is 0.777. The fourth-order valence-corrected chi connectivity index (χ4v) is 5.42. The van der Waals surface area contributed by atoms with E-state index in [0.29, 0.717) is 0 Å². The molecule has 2 atom stereocenters. The Morgan fingerprint density at radius 3 is 2.69 bits per heavy atom. The maximum atomic E-state index is 13.2. The Balaban J connectivity index is 1.39. The molecule has 1 aromatic heterocycles. The van der Waals surface area contributed by atoms with Crippen LogP contribution in [0.5, 0.6) is 0 Å². The van der Waals surface area contributed by atoms with Crippen molar-refractivity contribution < 1.29 is 9.59 Å². The van der Waals surface area contributed by atoms with Crippen LogP contribution in [0, 0.1) is 0 Å². The van der Waals surface area contributed by atoms with Gasteiger partial charge in [-0.3, -0.25) is 9.69 Å². The lowest BCUT2D eigenvalue weighted by molar-refractivity contribution is -0.132. The maximum Gasteiger partial charge on any atom is 0.326 e. The van der Waals surface area contributed by atoms with Gasteiger partial charge in [0, 0.05) is 6.54 Å². The Morgan fingerprint density at radius 2 is 1.90 bits per heavy atom. The zero-order chi connectivity index (χ0) is 20.0. The van der Waals surface area contributed by atoms with Crippen molar-refractivity contribution in [1.29, 1.82) is 0 Å². The van der Waals surface area contributed by atoms with Crippen LogP contribution in [0.4, 0.5) is 4.79 Å². The second-order valence-electron chi connectivity index (χ2n) is 7.79. The molecule has 2 aromatic carbocycles. The summed E-state index contributed by atoms with van der Waals surface area (Å²) in [7, 11) is 0. The van der Waals surface area contributed by atoms with Crippen LogP contribution < -0.4 is 5.32 Å². The van der Waals surface area contributed by atoms with Crippen molar-refractivity contribution in [1.82, 2.24) is 20.1 Å². The first-order chi connectivity index (χ1) is 14.1. The Labute approximate surface area is 173 Å². The average molecular weight is 407 g/mol. The molecule has 2 fully saturated rings. The van der Waals surface area contributed by atoms with Crippen LogP contribution in [-0.2, 0) is 10.3 Å². The largest absolute Gasteiger partial charge is 0.326 e. The zero-order valence-corrected chi connectivity index (χ0v) is 17.0. The number of carbonyl (C=O) groups excluding carboxylic acids is 2. The molecule has 2 aliphatic heterocycles. The van der Waals surface area contributed by atoms with Gasteiger partial charge in [-0.05, 0) is 37.5 Å². The Morgan fingerprint density at radius 1 is 1.14 bits per heavy atom. The number of hydrogen-bond acceptors (Lipinski definition) is 5. The van der Waals surface area contributed by atoms with E-state index in [1.807, 2.05) is 48.5 Å². The molecule has 3 amide bonds. The van der Waals surface area contributed by atoms with E-state index in [-0.39, 0.29) is 24.6 Å². The van der Waals surface area contributed by atoms with Crippen molar-refractivity contribution in [2.45, 2.75) is 31.3 Å². The summed E-state index contributed by atoms with van der Waals surface area (Å²) < 4.78 is 1.17. The normalized spacial score (nSPS) is 25.1. The van der Waals surface area contributed by atoms with E-state index in [4.69, 9.17) is 4.98 Å². The van der Waals surface area contributed by atoms with E-state index >= 15 is 0 Å². The first kappa shape index (κ1) is 18.3. The van der Waals surface area contributed by atoms with Crippen molar-refractivity contribution in [3.05, 3.63) is 65.2 Å². The van der Waals surface area contributed by atoms with Crippen molar-refractivity contribution in [3.8, 4) is 0 Å². The number of para-hydroxylation sites is 1. The third-order valence-electron chi connectivity index (χ3n) is 5.91. The number of fused-ring (bicyclic) bond motifs is 1. The van der Waals surface area contributed by atoms with E-state index in [9.17, 15) is 9.59 Å². The van der Waals surface area contributed by atoms with Crippen LogP contribution in [0.2, 0.25) is 0 Å². The molecule has 6 nitrogen and oxygen atoms in total. The number of nitrogens with one attached hydrogen (secondary N) is 1. The van der Waals surface area contributed by atoms with Gasteiger partial charge in [-0.15, -0.1) is 11.3 Å². The molecule has 0 bridgehead atoms. The fourth-order valence-electron chi connectivity index (χ4n) is 4.28. The van der Waals surface area contributed by atoms with Gasteiger partial charge in [0.05, 0.1) is 22.9 Å². The van der Waals surface area contributed by atoms with Crippen molar-refractivity contribution in [3.63, 3.8) is 0 Å². The minimum atomic E-state index is -1.02. The highest BCUT2D eigenvalue weighted by atomic mass is 32.1. The second-order valence-corrected chi connectivity index (χ2v) is 8.85. The van der Waals surface area contributed by atoms with Crippen molar-refractivity contribution in [2.24, 2.45) is 0 Å². The van der Waals surface area contributed by atoms with Crippen LogP contribution in [0.1, 0.15) is 36.4 Å². The van der Waals surface area contributed by atoms with Crippen LogP contribution in [0.25, 0.3) is 10.2 Å². The Hall–Kier alpha value is -2.77. The lowest BCUT2D eigenvalue weighted by Gasteiger charge is -2.27. The van der Waals surface area contributed by atoms with Crippen molar-refractivity contribution >= 4 is 33.5 Å². The summed E-state index contributed by atoms with van der Waals surface area (Å²) in [6, 6.07) is 17.3. The summed E-state index contributed by atoms with van der Waals surface area (Å²) in [4.78, 5) is 34.3. The first-order valence-electron chi connectivity index (χ1n) is 9.85. The fraction of sp³-hybridized carbons (Fsp3) is 0.318. The van der Waals surface area contributed by atoms with Crippen LogP contribution in [0.3, 0.4) is 0 Å². The Bertz CT molecular complexity index is 1050. The number of likely N-dealkylation sites (tertiary alicyclic amines) is 1. The molecule has 1 N–H and O–H groups in total. The summed E-state index contributed by atoms with van der Waals surface area (Å²) in [5, 5.41) is 3.95. The SMILES string of the molecule is C[C@@]1(c2ccccc2)NC(=O)N(CN2CCC[C@@H]2c2nc3ccccc3s2)C1=O. The van der Waals surface area contributed by atoms with Crippen LogP contribution in [0.15, 0.2) is 54.6 Å². The van der Waals surface area contributed by atoms with Crippen molar-refractivity contribution in [2.75, 3.05) is 13.2 Å². The maximum absolute atomic E-state index is 13.2. The number of imide groups is 1. The predicted molar refractivity (Wildman–Crippen MR) is 112 cm³/mol. The van der Waals surface area contributed by atoms with Crippen LogP contribution in [-0.4, -0.2) is 39.9 Å². The lowest BCUT2D eigenvalue weighted by atomic mass is 9.92. The molecular weight excluding hydrogens is 384 g/mol. The molecule has 3 heterocycles. The van der Waals surface area contributed by atoms with Gasteiger partial charge in [-0.2, -0.15) is 0 Å². The van der Waals surface area contributed by atoms with Gasteiger partial charge < -0.3 is 5.32 Å². The lowest BCUT2D eigenvalue weighted by Crippen LogP contribution is -2.43. The number of benzene rings is 2. The Kier molecular flexibility index (Phi) is 4.37. The molecular formula is C22H22N4O2S. The zero-order valence-electron chi connectivity index (χ0n) is 16.2. The number of thiazole rings is 1. The van der Waals surface area contributed by atoms with E-state index in [0.717, 1.165) is 35.5 Å². The molecule has 0 radical (unpaired) electrons. The molecule has 7 heteroatoms. The van der Waals surface area contributed by atoms with Gasteiger partial charge in [-0.1, -0.05) is 42.5 Å². The molecule has 0 saturated carbocycles. The average Bonchev–Trinajstić information content (AvgIpc) is 3.42. The standard InChI is InChI=1S/C22H22N4O2S/c1-22(15-8-3-2-4-9-15)20(27)26(21(28)24-22)14-25-13-7-11-17(25)19-23-16-10-5-6-12-18(16)29-19/h2-6,8-10,12,17H,7,11,13-14H2,1H3,(H,24,28)/t17-,22+/m1/s1. The van der Waals surface area contributed by atoms with E-state index in [2.05, 4.69) is 16.3 Å². The number of amides is 3. The number of hydrogen-bond donors (Lipinski definition) is 1. The van der Waals surface area contributed by atoms with Gasteiger partial charge >= 0.3 is 6.03 Å². The van der Waals surface area contributed by atoms with E-state index in [1.54, 1.807) is 18.3 Å². The van der Waals surface area contributed by atoms with Gasteiger partial charge in [0.15, 0.2) is 0 Å². The summed E-state index contributed by atoms with van der Waals surface area (Å²) >= 11 is 1.70. The quantitative estimate of drug-likeness (QED) is 0.668. The summed E-state index contributed by atoms with van der Waals surface area (Å²) in [6.07, 6.45) is 2.01. The predicted octanol–water partition coefficient (Wildman–Crippen LogP) is 3.86. The van der Waals surface area contributed by atoms with Crippen LogP contribution >= 0.6 is 11.3 Å². The minimum absolute atomic E-state index is 0.136. The molecule has 0 spiro atoms. The summed E-state index contributed by atoms with van der Waals surface area (Å²) in [6.45, 7) is 2.91. The van der Waals surface area contributed by atoms with Gasteiger partial charge in [0.25, 0.3) is 5.91 Å². The molecule has 148 valence electrons. The molecule has 29 heavy (non-hydrogen) atoms. The van der Waals surface area contributed by atoms with Gasteiger partial charge in [0.1, 0.15) is 10.5 Å². The van der Waals surface area contributed by atoms with E-state index < -0.39 is 5.54 Å². The molecule has 2 aliphatic rings. The molecule has 2 saturated heterocycles. The molecule has 3 aromatic rings. The first-order valence-corrected chi connectivity index (χ1v) is 10.7. The van der Waals surface area contributed by atoms with Gasteiger partial charge in [0.2, 0.25) is 0 Å². The van der Waals surface area contributed by atoms with Gasteiger partial charge in [-0.25, -0.2) is 14.7 Å². The highest BCUT2D eigenvalue weighted by molar-refractivity contribution is 7.18. The smallest absolute Gasteiger partial charge is 0.319 e. The number of urea groups is 1. The molecule has 0 aliphatic carbocycles. The minimum Gasteiger partial charge on any atom is -0.319 e. The number of aromatic nitrogens is 1. The highest BCUT2D eigenvalue weighted by Crippen LogP contribution is 2.37.